The summed E-state index contributed by atoms with van der Waals surface area (Å²) in [5, 5.41) is 0. The van der Waals surface area contributed by atoms with Crippen molar-refractivity contribution in [3.63, 3.8) is 0 Å². The van der Waals surface area contributed by atoms with Gasteiger partial charge in [0.2, 0.25) is 0 Å². The second-order valence-electron chi connectivity index (χ2n) is 5.01. The summed E-state index contributed by atoms with van der Waals surface area (Å²) in [4.78, 5) is 13.9. The van der Waals surface area contributed by atoms with Crippen LogP contribution in [0, 0.1) is 0 Å². The zero-order chi connectivity index (χ0) is 13.5. The fourth-order valence-electron chi connectivity index (χ4n) is 1.67. The zero-order valence-electron chi connectivity index (χ0n) is 12.0. The number of hydrogen-bond donors (Lipinski definition) is 1. The molecule has 0 heterocycles. The summed E-state index contributed by atoms with van der Waals surface area (Å²) in [5.41, 5.74) is 5.09. The van der Waals surface area contributed by atoms with Crippen molar-refractivity contribution in [3.05, 3.63) is 0 Å². The van der Waals surface area contributed by atoms with E-state index in [1.807, 2.05) is 0 Å². The van der Waals surface area contributed by atoms with Gasteiger partial charge in [-0.15, -0.1) is 0 Å². The van der Waals surface area contributed by atoms with E-state index < -0.39 is 5.54 Å². The summed E-state index contributed by atoms with van der Waals surface area (Å²) in [6, 6.07) is 0.526. The Morgan fingerprint density at radius 3 is 2.53 bits per heavy atom. The van der Waals surface area contributed by atoms with E-state index in [4.69, 9.17) is 10.5 Å². The summed E-state index contributed by atoms with van der Waals surface area (Å²) >= 11 is 0. The van der Waals surface area contributed by atoms with Crippen LogP contribution in [0.3, 0.4) is 0 Å². The SMILES string of the molecule is CCCC(C)N(C)CCC(C)(N)C(=O)OCC. The van der Waals surface area contributed by atoms with Crippen LogP contribution in [-0.2, 0) is 9.53 Å². The Morgan fingerprint density at radius 1 is 1.47 bits per heavy atom. The Bertz CT molecular complexity index is 229. The second kappa shape index (κ2) is 7.67. The standard InChI is InChI=1S/C13H28N2O2/c1-6-8-11(3)15(5)10-9-13(4,14)12(16)17-7-2/h11H,6-10,14H2,1-5H3. The van der Waals surface area contributed by atoms with Crippen LogP contribution in [-0.4, -0.2) is 42.6 Å². The molecule has 2 atom stereocenters. The summed E-state index contributed by atoms with van der Waals surface area (Å²) in [6.07, 6.45) is 2.96. The van der Waals surface area contributed by atoms with Gasteiger partial charge in [-0.2, -0.15) is 0 Å². The third-order valence-corrected chi connectivity index (χ3v) is 3.18. The van der Waals surface area contributed by atoms with Crippen molar-refractivity contribution in [1.29, 1.82) is 0 Å². The Morgan fingerprint density at radius 2 is 2.06 bits per heavy atom. The summed E-state index contributed by atoms with van der Waals surface area (Å²) in [5.74, 6) is -0.309. The van der Waals surface area contributed by atoms with Crippen LogP contribution < -0.4 is 5.73 Å². The molecule has 0 saturated heterocycles. The minimum atomic E-state index is -0.879. The van der Waals surface area contributed by atoms with Crippen molar-refractivity contribution < 1.29 is 9.53 Å². The fourth-order valence-corrected chi connectivity index (χ4v) is 1.67. The van der Waals surface area contributed by atoms with Gasteiger partial charge in [0, 0.05) is 12.6 Å². The topological polar surface area (TPSA) is 55.6 Å². The van der Waals surface area contributed by atoms with E-state index in [1.165, 1.54) is 6.42 Å². The Kier molecular flexibility index (Phi) is 7.39. The Balaban J connectivity index is 4.12. The summed E-state index contributed by atoms with van der Waals surface area (Å²) in [6.45, 7) is 9.10. The molecule has 0 radical (unpaired) electrons. The maximum Gasteiger partial charge on any atom is 0.325 e. The van der Waals surface area contributed by atoms with Gasteiger partial charge < -0.3 is 15.4 Å². The van der Waals surface area contributed by atoms with E-state index in [2.05, 4.69) is 25.8 Å². The van der Waals surface area contributed by atoms with Crippen molar-refractivity contribution >= 4 is 5.97 Å². The number of carbonyl (C=O) groups is 1. The van der Waals surface area contributed by atoms with Gasteiger partial charge in [0.25, 0.3) is 0 Å². The molecule has 0 fully saturated rings. The molecule has 0 aromatic carbocycles. The predicted octanol–water partition coefficient (Wildman–Crippen LogP) is 1.78. The summed E-state index contributed by atoms with van der Waals surface area (Å²) < 4.78 is 4.96. The van der Waals surface area contributed by atoms with E-state index in [9.17, 15) is 4.79 Å². The van der Waals surface area contributed by atoms with Crippen LogP contribution in [0.15, 0.2) is 0 Å². The fraction of sp³-hybridized carbons (Fsp3) is 0.923. The van der Waals surface area contributed by atoms with E-state index in [-0.39, 0.29) is 5.97 Å². The van der Waals surface area contributed by atoms with Crippen LogP contribution >= 0.6 is 0 Å². The molecular weight excluding hydrogens is 216 g/mol. The maximum absolute atomic E-state index is 11.6. The van der Waals surface area contributed by atoms with E-state index in [0.717, 1.165) is 13.0 Å². The van der Waals surface area contributed by atoms with Gasteiger partial charge in [-0.3, -0.25) is 4.79 Å². The number of hydrogen-bond acceptors (Lipinski definition) is 4. The van der Waals surface area contributed by atoms with Gasteiger partial charge in [-0.05, 0) is 40.7 Å². The first-order valence-corrected chi connectivity index (χ1v) is 6.51. The van der Waals surface area contributed by atoms with Crippen LogP contribution in [0.4, 0.5) is 0 Å². The first-order chi connectivity index (χ1) is 7.85. The molecule has 0 aliphatic carbocycles. The number of nitrogens with zero attached hydrogens (tertiary/aromatic N) is 1. The average molecular weight is 244 g/mol. The smallest absolute Gasteiger partial charge is 0.325 e. The third-order valence-electron chi connectivity index (χ3n) is 3.18. The molecule has 0 spiro atoms. The number of nitrogens with two attached hydrogens (primary N) is 1. The number of carbonyl (C=O) groups excluding carboxylic acids is 1. The average Bonchev–Trinajstić information content (AvgIpc) is 2.26. The van der Waals surface area contributed by atoms with Gasteiger partial charge >= 0.3 is 5.97 Å². The first-order valence-electron chi connectivity index (χ1n) is 6.51. The molecule has 2 unspecified atom stereocenters. The minimum Gasteiger partial charge on any atom is -0.465 e. The molecule has 2 N–H and O–H groups in total. The molecule has 0 aliphatic heterocycles. The van der Waals surface area contributed by atoms with Crippen LogP contribution in [0.25, 0.3) is 0 Å². The highest BCUT2D eigenvalue weighted by atomic mass is 16.5. The quantitative estimate of drug-likeness (QED) is 0.661. The minimum absolute atomic E-state index is 0.309. The van der Waals surface area contributed by atoms with Crippen LogP contribution in [0.2, 0.25) is 0 Å². The van der Waals surface area contributed by atoms with Gasteiger partial charge in [0.1, 0.15) is 5.54 Å². The third kappa shape index (κ3) is 6.03. The molecule has 0 aliphatic rings. The molecule has 0 bridgehead atoms. The largest absolute Gasteiger partial charge is 0.465 e. The lowest BCUT2D eigenvalue weighted by molar-refractivity contribution is -0.149. The number of esters is 1. The lowest BCUT2D eigenvalue weighted by atomic mass is 9.99. The van der Waals surface area contributed by atoms with Crippen molar-refractivity contribution in [1.82, 2.24) is 4.90 Å². The highest BCUT2D eigenvalue weighted by Gasteiger charge is 2.30. The van der Waals surface area contributed by atoms with Gasteiger partial charge in [0.05, 0.1) is 6.61 Å². The monoisotopic (exact) mass is 244 g/mol. The molecular formula is C13H28N2O2. The van der Waals surface area contributed by atoms with Crippen LogP contribution in [0.1, 0.15) is 47.0 Å². The lowest BCUT2D eigenvalue weighted by Crippen LogP contribution is -2.48. The highest BCUT2D eigenvalue weighted by molar-refractivity contribution is 5.79. The molecule has 102 valence electrons. The summed E-state index contributed by atoms with van der Waals surface area (Å²) in [7, 11) is 2.07. The van der Waals surface area contributed by atoms with Crippen molar-refractivity contribution in [2.75, 3.05) is 20.2 Å². The van der Waals surface area contributed by atoms with Crippen molar-refractivity contribution in [2.45, 2.75) is 58.5 Å². The molecule has 0 amide bonds. The molecule has 0 aromatic rings. The molecule has 0 rings (SSSR count). The number of rotatable bonds is 8. The van der Waals surface area contributed by atoms with E-state index in [0.29, 0.717) is 19.1 Å². The van der Waals surface area contributed by atoms with Gasteiger partial charge in [-0.1, -0.05) is 13.3 Å². The molecule has 0 saturated carbocycles. The van der Waals surface area contributed by atoms with Crippen LogP contribution in [0.5, 0.6) is 0 Å². The molecule has 4 heteroatoms. The lowest BCUT2D eigenvalue weighted by Gasteiger charge is -2.29. The molecule has 17 heavy (non-hydrogen) atoms. The maximum atomic E-state index is 11.6. The first kappa shape index (κ1) is 16.4. The normalized spacial score (nSPS) is 16.6. The Hall–Kier alpha value is -0.610. The van der Waals surface area contributed by atoms with Gasteiger partial charge in [0.15, 0.2) is 0 Å². The van der Waals surface area contributed by atoms with Gasteiger partial charge in [-0.25, -0.2) is 0 Å². The molecule has 4 nitrogen and oxygen atoms in total. The Labute approximate surface area is 105 Å². The van der Waals surface area contributed by atoms with Crippen molar-refractivity contribution in [2.24, 2.45) is 5.73 Å². The van der Waals surface area contributed by atoms with E-state index >= 15 is 0 Å². The predicted molar refractivity (Wildman–Crippen MR) is 70.8 cm³/mol. The highest BCUT2D eigenvalue weighted by Crippen LogP contribution is 2.12. The number of ether oxygens (including phenoxy) is 1. The zero-order valence-corrected chi connectivity index (χ0v) is 12.0. The second-order valence-corrected chi connectivity index (χ2v) is 5.01. The molecule has 0 aromatic heterocycles. The van der Waals surface area contributed by atoms with E-state index in [1.54, 1.807) is 13.8 Å². The van der Waals surface area contributed by atoms with Crippen molar-refractivity contribution in [3.8, 4) is 0 Å².